The molecular formula is C24H27Cl3O6. The standard InChI is InChI=1S/C14H17ClO4.C10H10Cl2O2/c1-3-17-13(16)9-10-4-5-11(12(15)8-10)14(2)18-6-7-19-14;1-10(13-4-5-14-10)8-3-2-7(11)6-9(8)12/h4-5,8H,3,6-7,9H2,1-2H3;2-3,6H,4-5H2,1H3. The fourth-order valence-electron chi connectivity index (χ4n) is 3.61. The normalized spacial score (nSPS) is 18.5. The second-order valence-corrected chi connectivity index (χ2v) is 8.96. The van der Waals surface area contributed by atoms with E-state index in [1.807, 2.05) is 32.0 Å². The summed E-state index contributed by atoms with van der Waals surface area (Å²) in [4.78, 5) is 11.4. The summed E-state index contributed by atoms with van der Waals surface area (Å²) < 4.78 is 27.0. The van der Waals surface area contributed by atoms with Crippen molar-refractivity contribution in [2.24, 2.45) is 0 Å². The molecule has 0 saturated carbocycles. The van der Waals surface area contributed by atoms with E-state index in [4.69, 9.17) is 58.5 Å². The number of benzene rings is 2. The molecule has 2 saturated heterocycles. The van der Waals surface area contributed by atoms with Crippen molar-refractivity contribution in [1.82, 2.24) is 0 Å². The topological polar surface area (TPSA) is 63.2 Å². The predicted octanol–water partition coefficient (Wildman–Crippen LogP) is 5.88. The van der Waals surface area contributed by atoms with E-state index >= 15 is 0 Å². The van der Waals surface area contributed by atoms with Crippen molar-refractivity contribution in [3.05, 3.63) is 68.2 Å². The SMILES string of the molecule is CC1(c2ccc(Cl)cc2Cl)OCCO1.CCOC(=O)Cc1ccc(C2(C)OCCO2)c(Cl)c1. The molecule has 0 radical (unpaired) electrons. The number of carbonyl (C=O) groups excluding carboxylic acids is 1. The molecule has 0 aliphatic carbocycles. The van der Waals surface area contributed by atoms with Gasteiger partial charge in [-0.2, -0.15) is 0 Å². The van der Waals surface area contributed by atoms with Crippen LogP contribution >= 0.6 is 34.8 Å². The Hall–Kier alpha value is -1.38. The first-order valence-corrected chi connectivity index (χ1v) is 11.8. The Morgan fingerprint density at radius 2 is 1.33 bits per heavy atom. The molecular weight excluding hydrogens is 491 g/mol. The summed E-state index contributed by atoms with van der Waals surface area (Å²) in [6.07, 6.45) is 0.215. The third-order valence-corrected chi connectivity index (χ3v) is 6.13. The maximum absolute atomic E-state index is 11.4. The first-order chi connectivity index (χ1) is 15.7. The number of ether oxygens (including phenoxy) is 5. The molecule has 2 aliphatic heterocycles. The van der Waals surface area contributed by atoms with Gasteiger partial charge in [-0.15, -0.1) is 0 Å². The van der Waals surface area contributed by atoms with Crippen LogP contribution in [0.4, 0.5) is 0 Å². The summed E-state index contributed by atoms with van der Waals surface area (Å²) in [5.74, 6) is -1.77. The first kappa shape index (κ1) is 26.2. The number of halogens is 3. The summed E-state index contributed by atoms with van der Waals surface area (Å²) in [7, 11) is 0. The molecule has 2 aromatic rings. The van der Waals surface area contributed by atoms with Crippen LogP contribution < -0.4 is 0 Å². The van der Waals surface area contributed by atoms with E-state index in [2.05, 4.69) is 0 Å². The third-order valence-electron chi connectivity index (χ3n) is 5.27. The summed E-state index contributed by atoms with van der Waals surface area (Å²) in [6, 6.07) is 10.7. The van der Waals surface area contributed by atoms with Gasteiger partial charge in [-0.1, -0.05) is 53.0 Å². The van der Waals surface area contributed by atoms with Gasteiger partial charge in [0.2, 0.25) is 0 Å². The molecule has 2 aromatic carbocycles. The minimum Gasteiger partial charge on any atom is -0.466 e. The minimum absolute atomic E-state index is 0.215. The minimum atomic E-state index is -0.792. The van der Waals surface area contributed by atoms with Gasteiger partial charge in [0.15, 0.2) is 11.6 Å². The highest BCUT2D eigenvalue weighted by atomic mass is 35.5. The van der Waals surface area contributed by atoms with Crippen molar-refractivity contribution in [3.63, 3.8) is 0 Å². The molecule has 0 atom stereocenters. The smallest absolute Gasteiger partial charge is 0.310 e. The molecule has 0 unspecified atom stereocenters. The molecule has 33 heavy (non-hydrogen) atoms. The summed E-state index contributed by atoms with van der Waals surface area (Å²) >= 11 is 18.1. The van der Waals surface area contributed by atoms with Gasteiger partial charge in [-0.25, -0.2) is 0 Å². The lowest BCUT2D eigenvalue weighted by atomic mass is 10.0. The maximum atomic E-state index is 11.4. The number of hydrogen-bond donors (Lipinski definition) is 0. The molecule has 0 spiro atoms. The molecule has 0 bridgehead atoms. The van der Waals surface area contributed by atoms with Crippen LogP contribution in [0.3, 0.4) is 0 Å². The Balaban J connectivity index is 0.000000194. The quantitative estimate of drug-likeness (QED) is 0.462. The Labute approximate surface area is 209 Å². The summed E-state index contributed by atoms with van der Waals surface area (Å²) in [6.45, 7) is 8.15. The monoisotopic (exact) mass is 516 g/mol. The molecule has 0 amide bonds. The maximum Gasteiger partial charge on any atom is 0.310 e. The van der Waals surface area contributed by atoms with E-state index in [1.54, 1.807) is 25.1 Å². The molecule has 9 heteroatoms. The van der Waals surface area contributed by atoms with Gasteiger partial charge in [0, 0.05) is 21.2 Å². The lowest BCUT2D eigenvalue weighted by Gasteiger charge is -2.24. The fourth-order valence-corrected chi connectivity index (χ4v) is 4.57. The zero-order valence-corrected chi connectivity index (χ0v) is 21.1. The summed E-state index contributed by atoms with van der Waals surface area (Å²) in [5, 5.41) is 1.72. The van der Waals surface area contributed by atoms with Gasteiger partial charge in [0.1, 0.15) is 0 Å². The van der Waals surface area contributed by atoms with Crippen LogP contribution in [0.2, 0.25) is 15.1 Å². The van der Waals surface area contributed by atoms with Crippen LogP contribution in [0.5, 0.6) is 0 Å². The summed E-state index contributed by atoms with van der Waals surface area (Å²) in [5.41, 5.74) is 2.41. The van der Waals surface area contributed by atoms with Crippen molar-refractivity contribution >= 4 is 40.8 Å². The van der Waals surface area contributed by atoms with Crippen LogP contribution in [0, 0.1) is 0 Å². The number of esters is 1. The second kappa shape index (κ2) is 11.4. The van der Waals surface area contributed by atoms with E-state index in [0.717, 1.165) is 16.7 Å². The van der Waals surface area contributed by atoms with Gasteiger partial charge in [-0.3, -0.25) is 4.79 Å². The van der Waals surface area contributed by atoms with Gasteiger partial charge in [0.05, 0.1) is 44.5 Å². The Morgan fingerprint density at radius 3 is 1.79 bits per heavy atom. The number of rotatable bonds is 5. The predicted molar refractivity (Wildman–Crippen MR) is 127 cm³/mol. The second-order valence-electron chi connectivity index (χ2n) is 7.71. The average Bonchev–Trinajstić information content (AvgIpc) is 3.38. The number of hydrogen-bond acceptors (Lipinski definition) is 6. The molecule has 0 aromatic heterocycles. The molecule has 2 aliphatic rings. The highest BCUT2D eigenvalue weighted by molar-refractivity contribution is 6.35. The van der Waals surface area contributed by atoms with Crippen LogP contribution in [0.25, 0.3) is 0 Å². The zero-order valence-electron chi connectivity index (χ0n) is 18.8. The van der Waals surface area contributed by atoms with Crippen LogP contribution in [-0.4, -0.2) is 39.0 Å². The first-order valence-electron chi connectivity index (χ1n) is 10.6. The van der Waals surface area contributed by atoms with Crippen molar-refractivity contribution < 1.29 is 28.5 Å². The van der Waals surface area contributed by atoms with Crippen molar-refractivity contribution in [2.75, 3.05) is 33.0 Å². The van der Waals surface area contributed by atoms with Crippen LogP contribution in [0.15, 0.2) is 36.4 Å². The van der Waals surface area contributed by atoms with Crippen molar-refractivity contribution in [1.29, 1.82) is 0 Å². The van der Waals surface area contributed by atoms with Crippen LogP contribution in [0.1, 0.15) is 37.5 Å². The van der Waals surface area contributed by atoms with E-state index in [-0.39, 0.29) is 12.4 Å². The van der Waals surface area contributed by atoms with E-state index in [0.29, 0.717) is 48.1 Å². The van der Waals surface area contributed by atoms with E-state index in [1.165, 1.54) is 0 Å². The Bertz CT molecular complexity index is 969. The van der Waals surface area contributed by atoms with Gasteiger partial charge in [0.25, 0.3) is 0 Å². The largest absolute Gasteiger partial charge is 0.466 e. The highest BCUT2D eigenvalue weighted by Crippen LogP contribution is 2.37. The van der Waals surface area contributed by atoms with E-state index in [9.17, 15) is 4.79 Å². The molecule has 0 N–H and O–H groups in total. The molecule has 2 fully saturated rings. The zero-order chi connectivity index (χ0) is 24.1. The Morgan fingerprint density at radius 1 is 0.848 bits per heavy atom. The lowest BCUT2D eigenvalue weighted by molar-refractivity contribution is -0.150. The molecule has 4 rings (SSSR count). The molecule has 2 heterocycles. The average molecular weight is 518 g/mol. The van der Waals surface area contributed by atoms with E-state index < -0.39 is 11.6 Å². The lowest BCUT2D eigenvalue weighted by Crippen LogP contribution is -2.23. The van der Waals surface area contributed by atoms with Gasteiger partial charge >= 0.3 is 5.97 Å². The van der Waals surface area contributed by atoms with Crippen molar-refractivity contribution in [3.8, 4) is 0 Å². The third kappa shape index (κ3) is 6.61. The molecule has 180 valence electrons. The highest BCUT2D eigenvalue weighted by Gasteiger charge is 2.35. The Kier molecular flexibility index (Phi) is 9.03. The fraction of sp³-hybridized carbons (Fsp3) is 0.458. The van der Waals surface area contributed by atoms with Crippen LogP contribution in [-0.2, 0) is 46.5 Å². The number of carbonyl (C=O) groups is 1. The molecule has 6 nitrogen and oxygen atoms in total. The van der Waals surface area contributed by atoms with Crippen molar-refractivity contribution in [2.45, 2.75) is 38.8 Å². The van der Waals surface area contributed by atoms with Gasteiger partial charge < -0.3 is 23.7 Å². The van der Waals surface area contributed by atoms with Gasteiger partial charge in [-0.05, 0) is 44.5 Å².